The molecular weight excluding hydrogens is 200 g/mol. The van der Waals surface area contributed by atoms with Crippen LogP contribution in [0.1, 0.15) is 37.3 Å². The normalized spacial score (nSPS) is 11.5. The quantitative estimate of drug-likeness (QED) is 0.699. The molecule has 0 radical (unpaired) electrons. The van der Waals surface area contributed by atoms with Gasteiger partial charge in [-0.25, -0.2) is 4.79 Å². The SMILES string of the molecule is CCOC(=O)c1nnc(C(C)(C)OC)o1. The van der Waals surface area contributed by atoms with Gasteiger partial charge in [-0.05, 0) is 20.8 Å². The topological polar surface area (TPSA) is 74.5 Å². The third-order valence-electron chi connectivity index (χ3n) is 1.90. The van der Waals surface area contributed by atoms with Crippen molar-refractivity contribution in [2.45, 2.75) is 26.4 Å². The number of hydrogen-bond acceptors (Lipinski definition) is 6. The van der Waals surface area contributed by atoms with Crippen molar-refractivity contribution in [1.82, 2.24) is 10.2 Å². The number of rotatable bonds is 4. The number of carbonyl (C=O) groups excluding carboxylic acids is 1. The first-order valence-corrected chi connectivity index (χ1v) is 4.57. The highest BCUT2D eigenvalue weighted by molar-refractivity contribution is 5.83. The zero-order chi connectivity index (χ0) is 11.5. The molecule has 84 valence electrons. The van der Waals surface area contributed by atoms with Gasteiger partial charge in [-0.15, -0.1) is 10.2 Å². The molecule has 15 heavy (non-hydrogen) atoms. The van der Waals surface area contributed by atoms with E-state index in [2.05, 4.69) is 10.2 Å². The monoisotopic (exact) mass is 214 g/mol. The molecule has 0 aliphatic heterocycles. The zero-order valence-electron chi connectivity index (χ0n) is 9.23. The summed E-state index contributed by atoms with van der Waals surface area (Å²) >= 11 is 0. The summed E-state index contributed by atoms with van der Waals surface area (Å²) in [6.07, 6.45) is 0. The molecule has 1 rings (SSSR count). The van der Waals surface area contributed by atoms with Crippen LogP contribution in [0.3, 0.4) is 0 Å². The molecule has 0 atom stereocenters. The Balaban J connectivity index is 2.85. The van der Waals surface area contributed by atoms with Crippen molar-refractivity contribution < 1.29 is 18.7 Å². The number of ether oxygens (including phenoxy) is 2. The molecule has 0 spiro atoms. The fourth-order valence-corrected chi connectivity index (χ4v) is 0.829. The van der Waals surface area contributed by atoms with Crippen molar-refractivity contribution in [3.05, 3.63) is 11.8 Å². The summed E-state index contributed by atoms with van der Waals surface area (Å²) in [5.74, 6) is -0.534. The lowest BCUT2D eigenvalue weighted by molar-refractivity contribution is -0.00517. The summed E-state index contributed by atoms with van der Waals surface area (Å²) in [5, 5.41) is 7.30. The molecule has 0 aliphatic carbocycles. The number of aromatic nitrogens is 2. The van der Waals surface area contributed by atoms with E-state index in [-0.39, 0.29) is 18.4 Å². The molecule has 0 aliphatic rings. The molecule has 1 aromatic heterocycles. The maximum absolute atomic E-state index is 11.2. The number of methoxy groups -OCH3 is 1. The predicted octanol–water partition coefficient (Wildman–Crippen LogP) is 1.13. The highest BCUT2D eigenvalue weighted by Crippen LogP contribution is 2.22. The highest BCUT2D eigenvalue weighted by Gasteiger charge is 2.28. The van der Waals surface area contributed by atoms with Gasteiger partial charge >= 0.3 is 11.9 Å². The third-order valence-corrected chi connectivity index (χ3v) is 1.90. The van der Waals surface area contributed by atoms with E-state index in [1.807, 2.05) is 0 Å². The first kappa shape index (κ1) is 11.6. The van der Waals surface area contributed by atoms with Gasteiger partial charge in [-0.1, -0.05) is 0 Å². The summed E-state index contributed by atoms with van der Waals surface area (Å²) < 4.78 is 15.0. The van der Waals surface area contributed by atoms with Gasteiger partial charge in [0.15, 0.2) is 0 Å². The third kappa shape index (κ3) is 2.53. The Kier molecular flexibility index (Phi) is 3.41. The Morgan fingerprint density at radius 2 is 2.13 bits per heavy atom. The van der Waals surface area contributed by atoms with Crippen molar-refractivity contribution in [3.63, 3.8) is 0 Å². The van der Waals surface area contributed by atoms with Gasteiger partial charge in [-0.2, -0.15) is 0 Å². The lowest BCUT2D eigenvalue weighted by Gasteiger charge is -2.16. The van der Waals surface area contributed by atoms with E-state index < -0.39 is 11.6 Å². The minimum atomic E-state index is -0.711. The zero-order valence-corrected chi connectivity index (χ0v) is 9.23. The standard InChI is InChI=1S/C9H14N2O4/c1-5-14-7(12)6-10-11-8(15-6)9(2,3)13-4/h5H2,1-4H3. The lowest BCUT2D eigenvalue weighted by Crippen LogP contribution is -2.19. The van der Waals surface area contributed by atoms with Crippen molar-refractivity contribution in [2.24, 2.45) is 0 Å². The van der Waals surface area contributed by atoms with Crippen LogP contribution in [0.2, 0.25) is 0 Å². The molecule has 1 aromatic rings. The molecule has 1 heterocycles. The molecule has 0 bridgehead atoms. The van der Waals surface area contributed by atoms with E-state index in [0.29, 0.717) is 0 Å². The van der Waals surface area contributed by atoms with Gasteiger partial charge in [0.2, 0.25) is 5.89 Å². The summed E-state index contributed by atoms with van der Waals surface area (Å²) in [6.45, 7) is 5.49. The van der Waals surface area contributed by atoms with Crippen LogP contribution in [0.4, 0.5) is 0 Å². The Morgan fingerprint density at radius 3 is 2.67 bits per heavy atom. The van der Waals surface area contributed by atoms with Crippen molar-refractivity contribution in [1.29, 1.82) is 0 Å². The van der Waals surface area contributed by atoms with Gasteiger partial charge < -0.3 is 13.9 Å². The maximum atomic E-state index is 11.2. The van der Waals surface area contributed by atoms with Crippen LogP contribution in [0.15, 0.2) is 4.42 Å². The summed E-state index contributed by atoms with van der Waals surface area (Å²) in [7, 11) is 1.52. The Labute approximate surface area is 87.6 Å². The first-order valence-electron chi connectivity index (χ1n) is 4.57. The molecule has 0 aromatic carbocycles. The van der Waals surface area contributed by atoms with Crippen molar-refractivity contribution in [2.75, 3.05) is 13.7 Å². The van der Waals surface area contributed by atoms with Crippen LogP contribution < -0.4 is 0 Å². The molecule has 0 unspecified atom stereocenters. The minimum absolute atomic E-state index is 0.156. The number of carbonyl (C=O) groups is 1. The number of nitrogens with zero attached hydrogens (tertiary/aromatic N) is 2. The fraction of sp³-hybridized carbons (Fsp3) is 0.667. The van der Waals surface area contributed by atoms with Crippen LogP contribution in [-0.4, -0.2) is 29.9 Å². The van der Waals surface area contributed by atoms with E-state index in [1.54, 1.807) is 20.8 Å². The van der Waals surface area contributed by atoms with Gasteiger partial charge in [0.25, 0.3) is 0 Å². The number of hydrogen-bond donors (Lipinski definition) is 0. The molecule has 0 saturated carbocycles. The van der Waals surface area contributed by atoms with Gasteiger partial charge in [0.05, 0.1) is 6.61 Å². The highest BCUT2D eigenvalue weighted by atomic mass is 16.6. The second-order valence-electron chi connectivity index (χ2n) is 3.35. The van der Waals surface area contributed by atoms with E-state index in [0.717, 1.165) is 0 Å². The molecule has 0 N–H and O–H groups in total. The van der Waals surface area contributed by atoms with Crippen LogP contribution in [-0.2, 0) is 15.1 Å². The first-order chi connectivity index (χ1) is 7.01. The lowest BCUT2D eigenvalue weighted by atomic mass is 10.1. The van der Waals surface area contributed by atoms with E-state index in [9.17, 15) is 4.79 Å². The molecule has 6 heteroatoms. The summed E-state index contributed by atoms with van der Waals surface area (Å²) in [5.41, 5.74) is -0.711. The van der Waals surface area contributed by atoms with Gasteiger partial charge in [0, 0.05) is 7.11 Å². The van der Waals surface area contributed by atoms with Gasteiger partial charge in [0.1, 0.15) is 5.60 Å². The van der Waals surface area contributed by atoms with Gasteiger partial charge in [-0.3, -0.25) is 0 Å². The van der Waals surface area contributed by atoms with E-state index in [4.69, 9.17) is 13.9 Å². The molecular formula is C9H14N2O4. The van der Waals surface area contributed by atoms with Crippen LogP contribution in [0, 0.1) is 0 Å². The second-order valence-corrected chi connectivity index (χ2v) is 3.35. The minimum Gasteiger partial charge on any atom is -0.459 e. The Bertz CT molecular complexity index is 346. The summed E-state index contributed by atoms with van der Waals surface area (Å²) in [6, 6.07) is 0. The maximum Gasteiger partial charge on any atom is 0.396 e. The largest absolute Gasteiger partial charge is 0.459 e. The molecule has 0 fully saturated rings. The Hall–Kier alpha value is -1.43. The average Bonchev–Trinajstić information content (AvgIpc) is 2.67. The molecule has 0 amide bonds. The van der Waals surface area contributed by atoms with Crippen molar-refractivity contribution >= 4 is 5.97 Å². The van der Waals surface area contributed by atoms with E-state index in [1.165, 1.54) is 7.11 Å². The Morgan fingerprint density at radius 1 is 1.47 bits per heavy atom. The van der Waals surface area contributed by atoms with Crippen LogP contribution in [0.25, 0.3) is 0 Å². The smallest absolute Gasteiger partial charge is 0.396 e. The van der Waals surface area contributed by atoms with Crippen LogP contribution in [0.5, 0.6) is 0 Å². The second kappa shape index (κ2) is 4.39. The van der Waals surface area contributed by atoms with Crippen molar-refractivity contribution in [3.8, 4) is 0 Å². The molecule has 0 saturated heterocycles. The van der Waals surface area contributed by atoms with E-state index >= 15 is 0 Å². The predicted molar refractivity (Wildman–Crippen MR) is 50.3 cm³/mol. The van der Waals surface area contributed by atoms with Crippen LogP contribution >= 0.6 is 0 Å². The average molecular weight is 214 g/mol. The summed E-state index contributed by atoms with van der Waals surface area (Å²) in [4.78, 5) is 11.2. The number of esters is 1. The molecule has 6 nitrogen and oxygen atoms in total. The fourth-order valence-electron chi connectivity index (χ4n) is 0.829.